The zero-order chi connectivity index (χ0) is 23.9. The molecule has 1 aliphatic rings. The minimum atomic E-state index is -0.705. The Balaban J connectivity index is 1.64. The van der Waals surface area contributed by atoms with Crippen LogP contribution in [0.1, 0.15) is 30.5 Å². The number of amides is 1. The highest BCUT2D eigenvalue weighted by molar-refractivity contribution is 6.14. The van der Waals surface area contributed by atoms with Crippen LogP contribution in [0.3, 0.4) is 0 Å². The van der Waals surface area contributed by atoms with Crippen LogP contribution in [0.4, 0.5) is 0 Å². The maximum atomic E-state index is 13.2. The Hall–Kier alpha value is -4.13. The third kappa shape index (κ3) is 5.09. The molecular weight excluding hydrogens is 430 g/mol. The Bertz CT molecular complexity index is 1200. The van der Waals surface area contributed by atoms with Gasteiger partial charge in [0.05, 0.1) is 24.5 Å². The Labute approximate surface area is 198 Å². The lowest BCUT2D eigenvalue weighted by atomic mass is 9.95. The average Bonchev–Trinajstić information content (AvgIpc) is 3.46. The highest BCUT2D eigenvalue weighted by atomic mass is 16.5. The van der Waals surface area contributed by atoms with Gasteiger partial charge in [0.1, 0.15) is 5.75 Å². The zero-order valence-corrected chi connectivity index (χ0v) is 19.0. The topological polar surface area (TPSA) is 84.7 Å². The molecular formula is C27H27N3O4. The average molecular weight is 458 g/mol. The molecule has 1 atom stereocenters. The molecule has 0 fully saturated rings. The van der Waals surface area contributed by atoms with Gasteiger partial charge in [-0.15, -0.1) is 0 Å². The summed E-state index contributed by atoms with van der Waals surface area (Å²) in [6.07, 6.45) is 9.00. The molecule has 1 N–H and O–H groups in total. The number of hydrogen-bond donors (Lipinski definition) is 1. The Morgan fingerprint density at radius 1 is 1.15 bits per heavy atom. The summed E-state index contributed by atoms with van der Waals surface area (Å²) in [6.45, 7) is 3.41. The van der Waals surface area contributed by atoms with Crippen molar-refractivity contribution in [3.8, 4) is 5.75 Å². The lowest BCUT2D eigenvalue weighted by Crippen LogP contribution is -2.32. The summed E-state index contributed by atoms with van der Waals surface area (Å²) in [5.74, 6) is -0.812. The van der Waals surface area contributed by atoms with E-state index in [1.807, 2.05) is 72.3 Å². The Morgan fingerprint density at radius 2 is 1.97 bits per heavy atom. The van der Waals surface area contributed by atoms with E-state index in [2.05, 4.69) is 4.98 Å². The number of aromatic nitrogens is 2. The minimum absolute atomic E-state index is 0.0773. The molecule has 3 aromatic rings. The number of imidazole rings is 1. The number of benzene rings is 2. The molecule has 0 saturated carbocycles. The van der Waals surface area contributed by atoms with E-state index in [0.29, 0.717) is 37.4 Å². The summed E-state index contributed by atoms with van der Waals surface area (Å²) in [4.78, 5) is 31.9. The van der Waals surface area contributed by atoms with E-state index in [1.165, 1.54) is 6.08 Å². The molecule has 0 bridgehead atoms. The molecule has 7 heteroatoms. The first-order chi connectivity index (χ1) is 16.6. The molecule has 2 heterocycles. The fraction of sp³-hybridized carbons (Fsp3) is 0.222. The van der Waals surface area contributed by atoms with Crippen LogP contribution in [0, 0.1) is 0 Å². The van der Waals surface area contributed by atoms with Gasteiger partial charge < -0.3 is 19.3 Å². The van der Waals surface area contributed by atoms with Crippen molar-refractivity contribution in [2.24, 2.45) is 0 Å². The molecule has 2 aromatic carbocycles. The van der Waals surface area contributed by atoms with Crippen molar-refractivity contribution < 1.29 is 19.4 Å². The van der Waals surface area contributed by atoms with Gasteiger partial charge >= 0.3 is 0 Å². The second-order valence-electron chi connectivity index (χ2n) is 7.93. The fourth-order valence-corrected chi connectivity index (χ4v) is 4.09. The van der Waals surface area contributed by atoms with Crippen LogP contribution in [0.5, 0.6) is 5.75 Å². The molecule has 1 amide bonds. The van der Waals surface area contributed by atoms with Gasteiger partial charge in [0.2, 0.25) is 0 Å². The van der Waals surface area contributed by atoms with E-state index in [4.69, 9.17) is 4.74 Å². The number of aliphatic hydroxyl groups excluding tert-OH is 1. The van der Waals surface area contributed by atoms with Gasteiger partial charge in [-0.25, -0.2) is 4.98 Å². The van der Waals surface area contributed by atoms with Crippen molar-refractivity contribution in [1.29, 1.82) is 0 Å². The van der Waals surface area contributed by atoms with Crippen LogP contribution in [0.2, 0.25) is 0 Å². The summed E-state index contributed by atoms with van der Waals surface area (Å²) in [5.41, 5.74) is 1.64. The van der Waals surface area contributed by atoms with Crippen molar-refractivity contribution >= 4 is 17.8 Å². The zero-order valence-electron chi connectivity index (χ0n) is 19.0. The van der Waals surface area contributed by atoms with E-state index in [-0.39, 0.29) is 5.57 Å². The summed E-state index contributed by atoms with van der Waals surface area (Å²) in [5, 5.41) is 10.8. The van der Waals surface area contributed by atoms with E-state index in [9.17, 15) is 14.7 Å². The first kappa shape index (κ1) is 23.0. The number of carbonyl (C=O) groups excluding carboxylic acids is 2. The number of aryl methyl sites for hydroxylation is 1. The summed E-state index contributed by atoms with van der Waals surface area (Å²) < 4.78 is 7.56. The van der Waals surface area contributed by atoms with Gasteiger partial charge in [-0.3, -0.25) is 9.59 Å². The number of aliphatic hydroxyl groups is 1. The minimum Gasteiger partial charge on any atom is -0.503 e. The fourth-order valence-electron chi connectivity index (χ4n) is 4.09. The quantitative estimate of drug-likeness (QED) is 0.458. The molecule has 1 unspecified atom stereocenters. The molecule has 1 aromatic heterocycles. The summed E-state index contributed by atoms with van der Waals surface area (Å²) in [6, 6.07) is 16.0. The monoisotopic (exact) mass is 457 g/mol. The maximum Gasteiger partial charge on any atom is 0.290 e. The predicted molar refractivity (Wildman–Crippen MR) is 129 cm³/mol. The SMILES string of the molecule is CCOc1cccc(C2C(C(=O)/C=C/c3ccccc3)=C(O)C(=O)N2CCCn2ccnc2)c1. The Kier molecular flexibility index (Phi) is 7.22. The molecule has 4 rings (SSSR count). The number of nitrogens with zero attached hydrogens (tertiary/aromatic N) is 3. The molecule has 0 radical (unpaired) electrons. The second-order valence-corrected chi connectivity index (χ2v) is 7.93. The van der Waals surface area contributed by atoms with E-state index < -0.39 is 23.5 Å². The second kappa shape index (κ2) is 10.7. The molecule has 34 heavy (non-hydrogen) atoms. The number of allylic oxidation sites excluding steroid dienone is 1. The standard InChI is InChI=1S/C27H27N3O4/c1-2-34-22-11-6-10-21(18-22)25-24(23(31)13-12-20-8-4-3-5-9-20)26(32)27(33)30(25)16-7-15-29-17-14-28-19-29/h3-6,8-14,17-19,25,32H,2,7,15-16H2,1H3/b13-12+. The van der Waals surface area contributed by atoms with Gasteiger partial charge in [-0.2, -0.15) is 0 Å². The van der Waals surface area contributed by atoms with Gasteiger partial charge in [0.25, 0.3) is 5.91 Å². The van der Waals surface area contributed by atoms with Crippen molar-refractivity contribution in [3.05, 3.63) is 102 Å². The van der Waals surface area contributed by atoms with Gasteiger partial charge in [0.15, 0.2) is 11.5 Å². The Morgan fingerprint density at radius 3 is 2.71 bits per heavy atom. The number of hydrogen-bond acceptors (Lipinski definition) is 5. The molecule has 7 nitrogen and oxygen atoms in total. The maximum absolute atomic E-state index is 13.2. The number of carbonyl (C=O) groups is 2. The van der Waals surface area contributed by atoms with Crippen LogP contribution >= 0.6 is 0 Å². The number of ether oxygens (including phenoxy) is 1. The third-order valence-electron chi connectivity index (χ3n) is 5.66. The van der Waals surface area contributed by atoms with E-state index >= 15 is 0 Å². The first-order valence-electron chi connectivity index (χ1n) is 11.3. The van der Waals surface area contributed by atoms with Crippen molar-refractivity contribution in [1.82, 2.24) is 14.5 Å². The predicted octanol–water partition coefficient (Wildman–Crippen LogP) is 4.35. The smallest absolute Gasteiger partial charge is 0.290 e. The third-order valence-corrected chi connectivity index (χ3v) is 5.66. The van der Waals surface area contributed by atoms with Crippen LogP contribution in [-0.4, -0.2) is 44.4 Å². The van der Waals surface area contributed by atoms with Crippen LogP contribution in [0.25, 0.3) is 6.08 Å². The summed E-state index contributed by atoms with van der Waals surface area (Å²) >= 11 is 0. The molecule has 0 spiro atoms. The summed E-state index contributed by atoms with van der Waals surface area (Å²) in [7, 11) is 0. The van der Waals surface area contributed by atoms with Crippen LogP contribution in [-0.2, 0) is 16.1 Å². The normalized spacial score (nSPS) is 16.0. The lowest BCUT2D eigenvalue weighted by Gasteiger charge is -2.27. The van der Waals surface area contributed by atoms with Crippen molar-refractivity contribution in [3.63, 3.8) is 0 Å². The number of rotatable bonds is 10. The molecule has 174 valence electrons. The first-order valence-corrected chi connectivity index (χ1v) is 11.3. The van der Waals surface area contributed by atoms with E-state index in [1.54, 1.807) is 23.5 Å². The highest BCUT2D eigenvalue weighted by Gasteiger charge is 2.42. The highest BCUT2D eigenvalue weighted by Crippen LogP contribution is 2.39. The van der Waals surface area contributed by atoms with Crippen molar-refractivity contribution in [2.75, 3.05) is 13.2 Å². The molecule has 0 aliphatic carbocycles. The van der Waals surface area contributed by atoms with Crippen LogP contribution < -0.4 is 4.74 Å². The van der Waals surface area contributed by atoms with Gasteiger partial charge in [0, 0.05) is 25.5 Å². The molecule has 1 aliphatic heterocycles. The van der Waals surface area contributed by atoms with Gasteiger partial charge in [-0.1, -0.05) is 48.5 Å². The number of ketones is 1. The van der Waals surface area contributed by atoms with Gasteiger partial charge in [-0.05, 0) is 42.7 Å². The molecule has 0 saturated heterocycles. The largest absolute Gasteiger partial charge is 0.503 e. The van der Waals surface area contributed by atoms with Crippen LogP contribution in [0.15, 0.2) is 90.7 Å². The lowest BCUT2D eigenvalue weighted by molar-refractivity contribution is -0.129. The van der Waals surface area contributed by atoms with E-state index in [0.717, 1.165) is 5.56 Å². The van der Waals surface area contributed by atoms with Crippen molar-refractivity contribution in [2.45, 2.75) is 25.9 Å².